The summed E-state index contributed by atoms with van der Waals surface area (Å²) < 4.78 is 26.3. The molecule has 0 aliphatic carbocycles. The van der Waals surface area contributed by atoms with Gasteiger partial charge in [-0.15, -0.1) is 0 Å². The fourth-order valence-electron chi connectivity index (χ4n) is 3.45. The highest BCUT2D eigenvalue weighted by atomic mass is 35.5. The van der Waals surface area contributed by atoms with E-state index in [1.165, 1.54) is 4.90 Å². The number of nitrogens with one attached hydrogen (secondary N) is 1. The van der Waals surface area contributed by atoms with Crippen LogP contribution < -0.4 is 9.62 Å². The van der Waals surface area contributed by atoms with E-state index in [4.69, 9.17) is 34.8 Å². The minimum Gasteiger partial charge on any atom is -0.354 e. The lowest BCUT2D eigenvalue weighted by molar-refractivity contribution is -0.139. The van der Waals surface area contributed by atoms with Crippen molar-refractivity contribution in [3.8, 4) is 0 Å². The molecule has 2 aromatic rings. The standard InChI is InChI=1S/C24H30Cl3N3O4S/c1-5-6-11-28-24(32)17(3)29(14-18-7-8-20(26)13-21(18)27)23(31)15-30(35(4,33)34)22-10-9-19(25)12-16(22)2/h7-10,12-13,17H,5-6,11,14-15H2,1-4H3,(H,28,32)/t17-/m1/s1. The summed E-state index contributed by atoms with van der Waals surface area (Å²) in [5, 5.41) is 4.04. The number of halogens is 3. The number of carbonyl (C=O) groups excluding carboxylic acids is 2. The van der Waals surface area contributed by atoms with Crippen molar-refractivity contribution >= 4 is 62.3 Å². The van der Waals surface area contributed by atoms with E-state index in [0.29, 0.717) is 38.4 Å². The highest BCUT2D eigenvalue weighted by Gasteiger charge is 2.31. The van der Waals surface area contributed by atoms with Crippen molar-refractivity contribution in [2.24, 2.45) is 0 Å². The van der Waals surface area contributed by atoms with Crippen LogP contribution in [0.4, 0.5) is 5.69 Å². The molecule has 0 saturated carbocycles. The predicted molar refractivity (Wildman–Crippen MR) is 143 cm³/mol. The molecule has 7 nitrogen and oxygen atoms in total. The topological polar surface area (TPSA) is 86.8 Å². The fourth-order valence-corrected chi connectivity index (χ4v) is 5.05. The number of hydrogen-bond donors (Lipinski definition) is 1. The third-order valence-electron chi connectivity index (χ3n) is 5.46. The summed E-state index contributed by atoms with van der Waals surface area (Å²) in [5.41, 5.74) is 1.49. The molecule has 0 bridgehead atoms. The number of benzene rings is 2. The van der Waals surface area contributed by atoms with Crippen LogP contribution in [0.25, 0.3) is 0 Å². The van der Waals surface area contributed by atoms with Crippen molar-refractivity contribution in [1.29, 1.82) is 0 Å². The lowest BCUT2D eigenvalue weighted by Gasteiger charge is -2.32. The van der Waals surface area contributed by atoms with Crippen molar-refractivity contribution in [1.82, 2.24) is 10.2 Å². The molecule has 2 amide bonds. The van der Waals surface area contributed by atoms with Crippen LogP contribution in [-0.4, -0.2) is 50.5 Å². The average Bonchev–Trinajstić information content (AvgIpc) is 2.76. The summed E-state index contributed by atoms with van der Waals surface area (Å²) >= 11 is 18.4. The number of amides is 2. The number of unbranched alkanes of at least 4 members (excludes halogenated alkanes) is 1. The van der Waals surface area contributed by atoms with Gasteiger partial charge in [0.1, 0.15) is 12.6 Å². The van der Waals surface area contributed by atoms with E-state index in [9.17, 15) is 18.0 Å². The molecule has 2 aromatic carbocycles. The molecule has 0 radical (unpaired) electrons. The smallest absolute Gasteiger partial charge is 0.244 e. The van der Waals surface area contributed by atoms with Crippen LogP contribution >= 0.6 is 34.8 Å². The highest BCUT2D eigenvalue weighted by molar-refractivity contribution is 7.92. The third kappa shape index (κ3) is 8.27. The Kier molecular flexibility index (Phi) is 10.7. The molecule has 0 aliphatic heterocycles. The van der Waals surface area contributed by atoms with Gasteiger partial charge in [0.05, 0.1) is 11.9 Å². The molecule has 1 atom stereocenters. The SMILES string of the molecule is CCCCNC(=O)[C@@H](C)N(Cc1ccc(Cl)cc1Cl)C(=O)CN(c1ccc(Cl)cc1C)S(C)(=O)=O. The minimum absolute atomic E-state index is 0.00555. The van der Waals surface area contributed by atoms with Gasteiger partial charge in [-0.3, -0.25) is 13.9 Å². The maximum absolute atomic E-state index is 13.6. The van der Waals surface area contributed by atoms with Crippen molar-refractivity contribution in [3.05, 3.63) is 62.6 Å². The normalized spacial score (nSPS) is 12.2. The van der Waals surface area contributed by atoms with Crippen molar-refractivity contribution in [3.63, 3.8) is 0 Å². The quantitative estimate of drug-likeness (QED) is 0.388. The van der Waals surface area contributed by atoms with E-state index in [2.05, 4.69) is 5.32 Å². The number of nitrogens with zero attached hydrogens (tertiary/aromatic N) is 2. The number of carbonyl (C=O) groups is 2. The summed E-state index contributed by atoms with van der Waals surface area (Å²) in [7, 11) is -3.83. The first kappa shape index (κ1) is 29.2. The zero-order valence-corrected chi connectivity index (χ0v) is 23.2. The number of anilines is 1. The maximum Gasteiger partial charge on any atom is 0.244 e. The van der Waals surface area contributed by atoms with Gasteiger partial charge >= 0.3 is 0 Å². The summed E-state index contributed by atoms with van der Waals surface area (Å²) in [6, 6.07) is 8.71. The maximum atomic E-state index is 13.6. The molecule has 0 saturated heterocycles. The molecular formula is C24H30Cl3N3O4S. The number of aryl methyl sites for hydroxylation is 1. The Morgan fingerprint density at radius 1 is 1.06 bits per heavy atom. The van der Waals surface area contributed by atoms with Gasteiger partial charge in [0.2, 0.25) is 21.8 Å². The first-order valence-corrected chi connectivity index (χ1v) is 14.1. The van der Waals surface area contributed by atoms with Gasteiger partial charge in [-0.1, -0.05) is 54.2 Å². The average molecular weight is 563 g/mol. The van der Waals surface area contributed by atoms with E-state index in [1.54, 1.807) is 50.2 Å². The van der Waals surface area contributed by atoms with Gasteiger partial charge in [0, 0.05) is 28.2 Å². The summed E-state index contributed by atoms with van der Waals surface area (Å²) in [6.07, 6.45) is 2.73. The lowest BCUT2D eigenvalue weighted by Crippen LogP contribution is -2.51. The highest BCUT2D eigenvalue weighted by Crippen LogP contribution is 2.27. The van der Waals surface area contributed by atoms with Crippen LogP contribution in [0.1, 0.15) is 37.8 Å². The van der Waals surface area contributed by atoms with Crippen LogP contribution in [0, 0.1) is 6.92 Å². The molecule has 2 rings (SSSR count). The molecule has 0 heterocycles. The molecule has 1 N–H and O–H groups in total. The fraction of sp³-hybridized carbons (Fsp3) is 0.417. The first-order chi connectivity index (χ1) is 16.3. The molecule has 35 heavy (non-hydrogen) atoms. The molecule has 11 heteroatoms. The zero-order chi connectivity index (χ0) is 26.3. The number of sulfonamides is 1. The Hall–Kier alpha value is -2.00. The number of hydrogen-bond acceptors (Lipinski definition) is 4. The predicted octanol–water partition coefficient (Wildman–Crippen LogP) is 5.05. The van der Waals surface area contributed by atoms with E-state index in [1.807, 2.05) is 6.92 Å². The summed E-state index contributed by atoms with van der Waals surface area (Å²) in [6.45, 7) is 5.28. The van der Waals surface area contributed by atoms with Crippen LogP contribution in [-0.2, 0) is 26.2 Å². The monoisotopic (exact) mass is 561 g/mol. The summed E-state index contributed by atoms with van der Waals surface area (Å²) in [4.78, 5) is 27.7. The van der Waals surface area contributed by atoms with Gasteiger partial charge in [-0.05, 0) is 61.7 Å². The van der Waals surface area contributed by atoms with Crippen LogP contribution in [0.15, 0.2) is 36.4 Å². The van der Waals surface area contributed by atoms with Crippen molar-refractivity contribution < 1.29 is 18.0 Å². The van der Waals surface area contributed by atoms with E-state index >= 15 is 0 Å². The van der Waals surface area contributed by atoms with Gasteiger partial charge in [0.25, 0.3) is 0 Å². The molecule has 0 aliphatic rings. The van der Waals surface area contributed by atoms with Gasteiger partial charge < -0.3 is 10.2 Å². The third-order valence-corrected chi connectivity index (χ3v) is 7.41. The van der Waals surface area contributed by atoms with Crippen LogP contribution in [0.3, 0.4) is 0 Å². The number of rotatable bonds is 11. The van der Waals surface area contributed by atoms with Crippen LogP contribution in [0.2, 0.25) is 15.1 Å². The Morgan fingerprint density at radius 2 is 1.69 bits per heavy atom. The second-order valence-electron chi connectivity index (χ2n) is 8.28. The Labute approximate surface area is 222 Å². The molecule has 0 unspecified atom stereocenters. The second-order valence-corrected chi connectivity index (χ2v) is 11.5. The van der Waals surface area contributed by atoms with Crippen molar-refractivity contribution in [2.45, 2.75) is 46.2 Å². The van der Waals surface area contributed by atoms with Crippen LogP contribution in [0.5, 0.6) is 0 Å². The second kappa shape index (κ2) is 12.8. The van der Waals surface area contributed by atoms with Gasteiger partial charge in [0.15, 0.2) is 0 Å². The van der Waals surface area contributed by atoms with Gasteiger partial charge in [-0.25, -0.2) is 8.42 Å². The molecule has 192 valence electrons. The molecular weight excluding hydrogens is 533 g/mol. The van der Waals surface area contributed by atoms with Gasteiger partial charge in [-0.2, -0.15) is 0 Å². The van der Waals surface area contributed by atoms with E-state index in [-0.39, 0.29) is 12.5 Å². The Balaban J connectivity index is 2.42. The minimum atomic E-state index is -3.83. The first-order valence-electron chi connectivity index (χ1n) is 11.1. The van der Waals surface area contributed by atoms with E-state index in [0.717, 1.165) is 23.4 Å². The Bertz CT molecular complexity index is 1170. The largest absolute Gasteiger partial charge is 0.354 e. The van der Waals surface area contributed by atoms with E-state index < -0.39 is 28.5 Å². The van der Waals surface area contributed by atoms with Crippen molar-refractivity contribution in [2.75, 3.05) is 23.7 Å². The Morgan fingerprint density at radius 3 is 2.26 bits per heavy atom. The molecule has 0 aromatic heterocycles. The zero-order valence-electron chi connectivity index (χ0n) is 20.1. The lowest BCUT2D eigenvalue weighted by atomic mass is 10.1. The molecule has 0 spiro atoms. The molecule has 0 fully saturated rings. The summed E-state index contributed by atoms with van der Waals surface area (Å²) in [5.74, 6) is -0.903.